The fraction of sp³-hybridized carbons (Fsp3) is 0.286. The molecule has 0 saturated carbocycles. The number of imidazole rings is 1. The maximum absolute atomic E-state index is 10.6. The number of carbonyl (C=O) groups is 1. The Morgan fingerprint density at radius 3 is 2.00 bits per heavy atom. The van der Waals surface area contributed by atoms with Gasteiger partial charge in [-0.05, 0) is 19.1 Å². The zero-order chi connectivity index (χ0) is 17.6. The number of hydrogen-bond donors (Lipinski definition) is 2. The predicted octanol–water partition coefficient (Wildman–Crippen LogP) is 3.04. The lowest BCUT2D eigenvalue weighted by Gasteiger charge is -2.11. The minimum atomic E-state index is -5.08. The molecule has 0 saturated heterocycles. The van der Waals surface area contributed by atoms with E-state index in [9.17, 15) is 13.2 Å². The first-order valence-corrected chi connectivity index (χ1v) is 6.23. The summed E-state index contributed by atoms with van der Waals surface area (Å²) >= 11 is 0. The lowest BCUT2D eigenvalue weighted by atomic mass is 10.1. The van der Waals surface area contributed by atoms with E-state index in [0.29, 0.717) is 0 Å². The van der Waals surface area contributed by atoms with Crippen LogP contribution in [0.4, 0.5) is 13.2 Å². The summed E-state index contributed by atoms with van der Waals surface area (Å²) in [7, 11) is 3.28. The van der Waals surface area contributed by atoms with Gasteiger partial charge in [-0.15, -0.1) is 0 Å². The van der Waals surface area contributed by atoms with Crippen LogP contribution in [-0.2, 0) is 4.79 Å². The number of carboxylic acids is 1. The van der Waals surface area contributed by atoms with E-state index in [0.717, 1.165) is 28.6 Å². The molecule has 126 valence electrons. The molecular formula is C14H15F3N2O4. The Labute approximate surface area is 129 Å². The van der Waals surface area contributed by atoms with Gasteiger partial charge in [0.25, 0.3) is 0 Å². The van der Waals surface area contributed by atoms with Crippen LogP contribution < -0.4 is 9.47 Å². The Morgan fingerprint density at radius 1 is 1.22 bits per heavy atom. The Morgan fingerprint density at radius 2 is 1.70 bits per heavy atom. The lowest BCUT2D eigenvalue weighted by Crippen LogP contribution is -2.21. The highest BCUT2D eigenvalue weighted by Crippen LogP contribution is 2.36. The number of aryl methyl sites for hydroxylation is 1. The maximum Gasteiger partial charge on any atom is 0.490 e. The van der Waals surface area contributed by atoms with Gasteiger partial charge in [0.1, 0.15) is 17.3 Å². The highest BCUT2D eigenvalue weighted by atomic mass is 19.4. The topological polar surface area (TPSA) is 84.4 Å². The Balaban J connectivity index is 0.000000322. The van der Waals surface area contributed by atoms with Crippen molar-refractivity contribution in [2.75, 3.05) is 14.2 Å². The van der Waals surface area contributed by atoms with Crippen LogP contribution in [0.25, 0.3) is 11.3 Å². The minimum absolute atomic E-state index is 0.767. The number of aromatic amines is 1. The fourth-order valence-electron chi connectivity index (χ4n) is 1.66. The molecule has 0 fully saturated rings. The SMILES string of the molecule is COc1cccc(OC)c1-c1cnc(C)[nH]1.O=C(O)C(F)(F)F. The Bertz CT molecular complexity index is 646. The largest absolute Gasteiger partial charge is 0.496 e. The van der Waals surface area contributed by atoms with E-state index in [1.54, 1.807) is 20.4 Å². The normalized spacial score (nSPS) is 10.5. The van der Waals surface area contributed by atoms with Gasteiger partial charge in [-0.25, -0.2) is 9.78 Å². The van der Waals surface area contributed by atoms with Crippen molar-refractivity contribution < 1.29 is 32.5 Å². The number of nitrogens with zero attached hydrogens (tertiary/aromatic N) is 1. The number of benzene rings is 1. The molecule has 23 heavy (non-hydrogen) atoms. The van der Waals surface area contributed by atoms with E-state index in [-0.39, 0.29) is 0 Å². The van der Waals surface area contributed by atoms with Crippen molar-refractivity contribution >= 4 is 5.97 Å². The molecule has 1 heterocycles. The molecule has 0 radical (unpaired) electrons. The Kier molecular flexibility index (Phi) is 6.00. The number of ether oxygens (including phenoxy) is 2. The van der Waals surface area contributed by atoms with E-state index in [1.807, 2.05) is 25.1 Å². The molecule has 2 aromatic rings. The first-order valence-electron chi connectivity index (χ1n) is 6.23. The summed E-state index contributed by atoms with van der Waals surface area (Å²) in [5, 5.41) is 7.12. The van der Waals surface area contributed by atoms with Crippen LogP contribution in [0.2, 0.25) is 0 Å². The molecule has 9 heteroatoms. The van der Waals surface area contributed by atoms with Crippen LogP contribution in [0.3, 0.4) is 0 Å². The minimum Gasteiger partial charge on any atom is -0.496 e. The summed E-state index contributed by atoms with van der Waals surface area (Å²) in [6, 6.07) is 5.69. The molecule has 6 nitrogen and oxygen atoms in total. The van der Waals surface area contributed by atoms with Crippen molar-refractivity contribution in [2.24, 2.45) is 0 Å². The summed E-state index contributed by atoms with van der Waals surface area (Å²) < 4.78 is 42.4. The van der Waals surface area contributed by atoms with Crippen LogP contribution >= 0.6 is 0 Å². The first-order chi connectivity index (χ1) is 10.7. The van der Waals surface area contributed by atoms with Gasteiger partial charge in [0, 0.05) is 0 Å². The third-order valence-electron chi connectivity index (χ3n) is 2.64. The number of aliphatic carboxylic acids is 1. The van der Waals surface area contributed by atoms with Crippen molar-refractivity contribution in [3.05, 3.63) is 30.2 Å². The molecular weight excluding hydrogens is 317 g/mol. The second-order valence-electron chi connectivity index (χ2n) is 4.22. The van der Waals surface area contributed by atoms with E-state index in [4.69, 9.17) is 19.4 Å². The molecule has 1 aromatic heterocycles. The monoisotopic (exact) mass is 332 g/mol. The molecule has 1 aromatic carbocycles. The van der Waals surface area contributed by atoms with Crippen LogP contribution in [-0.4, -0.2) is 41.4 Å². The fourth-order valence-corrected chi connectivity index (χ4v) is 1.66. The number of alkyl halides is 3. The van der Waals surface area contributed by atoms with Gasteiger partial charge in [-0.2, -0.15) is 13.2 Å². The number of carboxylic acid groups (broad SMARTS) is 1. The van der Waals surface area contributed by atoms with Gasteiger partial charge in [-0.1, -0.05) is 6.07 Å². The third-order valence-corrected chi connectivity index (χ3v) is 2.64. The number of nitrogens with one attached hydrogen (secondary N) is 1. The summed E-state index contributed by atoms with van der Waals surface area (Å²) in [5.41, 5.74) is 1.79. The highest BCUT2D eigenvalue weighted by molar-refractivity contribution is 5.74. The van der Waals surface area contributed by atoms with Crippen LogP contribution in [0.5, 0.6) is 11.5 Å². The summed E-state index contributed by atoms with van der Waals surface area (Å²) in [4.78, 5) is 16.2. The zero-order valence-corrected chi connectivity index (χ0v) is 12.6. The van der Waals surface area contributed by atoms with E-state index < -0.39 is 12.1 Å². The summed E-state index contributed by atoms with van der Waals surface area (Å²) in [6.45, 7) is 1.91. The zero-order valence-electron chi connectivity index (χ0n) is 12.6. The van der Waals surface area contributed by atoms with Gasteiger partial charge >= 0.3 is 12.1 Å². The number of rotatable bonds is 3. The van der Waals surface area contributed by atoms with E-state index in [1.165, 1.54) is 0 Å². The van der Waals surface area contributed by atoms with Crippen molar-refractivity contribution in [3.8, 4) is 22.8 Å². The van der Waals surface area contributed by atoms with Gasteiger partial charge in [0.15, 0.2) is 0 Å². The molecule has 2 rings (SSSR count). The molecule has 0 atom stereocenters. The summed E-state index contributed by atoms with van der Waals surface area (Å²) in [5.74, 6) is -0.360. The summed E-state index contributed by atoms with van der Waals surface area (Å²) in [6.07, 6.45) is -3.31. The van der Waals surface area contributed by atoms with Crippen LogP contribution in [0.15, 0.2) is 24.4 Å². The molecule has 2 N–H and O–H groups in total. The van der Waals surface area contributed by atoms with E-state index >= 15 is 0 Å². The molecule has 0 spiro atoms. The van der Waals surface area contributed by atoms with Crippen molar-refractivity contribution in [3.63, 3.8) is 0 Å². The smallest absolute Gasteiger partial charge is 0.490 e. The van der Waals surface area contributed by atoms with Crippen molar-refractivity contribution in [1.29, 1.82) is 0 Å². The Hall–Kier alpha value is -2.71. The van der Waals surface area contributed by atoms with Gasteiger partial charge in [-0.3, -0.25) is 0 Å². The lowest BCUT2D eigenvalue weighted by molar-refractivity contribution is -0.192. The predicted molar refractivity (Wildman–Crippen MR) is 75.6 cm³/mol. The van der Waals surface area contributed by atoms with Crippen LogP contribution in [0, 0.1) is 6.92 Å². The second kappa shape index (κ2) is 7.52. The average Bonchev–Trinajstić information content (AvgIpc) is 2.92. The van der Waals surface area contributed by atoms with Gasteiger partial charge in [0.2, 0.25) is 0 Å². The maximum atomic E-state index is 10.6. The molecule has 0 bridgehead atoms. The van der Waals surface area contributed by atoms with E-state index in [2.05, 4.69) is 9.97 Å². The molecule has 0 unspecified atom stereocenters. The van der Waals surface area contributed by atoms with Crippen molar-refractivity contribution in [2.45, 2.75) is 13.1 Å². The third kappa shape index (κ3) is 4.90. The molecule has 0 aliphatic heterocycles. The number of halogens is 3. The highest BCUT2D eigenvalue weighted by Gasteiger charge is 2.38. The van der Waals surface area contributed by atoms with Crippen LogP contribution in [0.1, 0.15) is 5.82 Å². The van der Waals surface area contributed by atoms with Gasteiger partial charge in [0.05, 0.1) is 31.7 Å². The number of hydrogen-bond acceptors (Lipinski definition) is 4. The van der Waals surface area contributed by atoms with Crippen molar-refractivity contribution in [1.82, 2.24) is 9.97 Å². The first kappa shape index (κ1) is 18.3. The van der Waals surface area contributed by atoms with Gasteiger partial charge < -0.3 is 19.6 Å². The number of methoxy groups -OCH3 is 2. The molecule has 0 amide bonds. The second-order valence-corrected chi connectivity index (χ2v) is 4.22. The average molecular weight is 332 g/mol. The number of H-pyrrole nitrogens is 1. The molecule has 0 aliphatic carbocycles. The quantitative estimate of drug-likeness (QED) is 0.902. The number of aromatic nitrogens is 2. The standard InChI is InChI=1S/C12H14N2O2.C2HF3O2/c1-8-13-7-9(14-8)12-10(15-2)5-4-6-11(12)16-3;3-2(4,5)1(6)7/h4-7H,1-3H3,(H,13,14);(H,6,7). The molecule has 0 aliphatic rings.